The van der Waals surface area contributed by atoms with Crippen molar-refractivity contribution in [3.05, 3.63) is 23.0 Å². The fraction of sp³-hybridized carbons (Fsp3) is 0.500. The second-order valence-electron chi connectivity index (χ2n) is 3.33. The van der Waals surface area contributed by atoms with E-state index in [9.17, 15) is 0 Å². The van der Waals surface area contributed by atoms with Gasteiger partial charge < -0.3 is 5.32 Å². The summed E-state index contributed by atoms with van der Waals surface area (Å²) in [5.74, 6) is 0. The van der Waals surface area contributed by atoms with Crippen molar-refractivity contribution >= 4 is 6.08 Å². The molecule has 0 bridgehead atoms. The first-order valence-corrected chi connectivity index (χ1v) is 4.45. The summed E-state index contributed by atoms with van der Waals surface area (Å²) in [5.41, 5.74) is 3.73. The number of aryl methyl sites for hydroxylation is 1. The predicted octanol–water partition coefficient (Wildman–Crippen LogP) is 1.35. The zero-order valence-corrected chi connectivity index (χ0v) is 8.76. The van der Waals surface area contributed by atoms with E-state index in [2.05, 4.69) is 30.3 Å². The van der Waals surface area contributed by atoms with Crippen LogP contribution in [-0.4, -0.2) is 23.4 Å². The molecular formula is C10H17N3. The van der Waals surface area contributed by atoms with Gasteiger partial charge in [-0.2, -0.15) is 5.10 Å². The van der Waals surface area contributed by atoms with Gasteiger partial charge >= 0.3 is 0 Å². The van der Waals surface area contributed by atoms with Crippen LogP contribution in [0, 0.1) is 6.92 Å². The number of hydrogen-bond acceptors (Lipinski definition) is 2. The van der Waals surface area contributed by atoms with Gasteiger partial charge in [-0.1, -0.05) is 11.6 Å². The zero-order chi connectivity index (χ0) is 9.84. The largest absolute Gasteiger partial charge is 0.316 e. The lowest BCUT2D eigenvalue weighted by Crippen LogP contribution is -2.08. The summed E-state index contributed by atoms with van der Waals surface area (Å²) < 4.78 is 1.89. The molecule has 1 aromatic heterocycles. The molecule has 3 heteroatoms. The summed E-state index contributed by atoms with van der Waals surface area (Å²) in [5, 5.41) is 7.30. The molecule has 72 valence electrons. The number of nitrogens with zero attached hydrogens (tertiary/aromatic N) is 2. The predicted molar refractivity (Wildman–Crippen MR) is 55.5 cm³/mol. The molecule has 0 unspecified atom stereocenters. The Labute approximate surface area is 79.5 Å². The highest BCUT2D eigenvalue weighted by Gasteiger charge is 1.99. The highest BCUT2D eigenvalue weighted by atomic mass is 15.3. The minimum atomic E-state index is 0.925. The van der Waals surface area contributed by atoms with Crippen LogP contribution in [0.3, 0.4) is 0 Å². The Bertz CT molecular complexity index is 310. The van der Waals surface area contributed by atoms with Gasteiger partial charge in [0.15, 0.2) is 0 Å². The Morgan fingerprint density at radius 3 is 2.85 bits per heavy atom. The standard InChI is InChI=1S/C10H17N3/c1-8(6-11-3)5-10-7-12-13(4)9(10)2/h5,7,11H,6H2,1-4H3. The van der Waals surface area contributed by atoms with Crippen LogP contribution in [0.4, 0.5) is 0 Å². The average molecular weight is 179 g/mol. The molecule has 0 radical (unpaired) electrons. The lowest BCUT2D eigenvalue weighted by Gasteiger charge is -1.99. The van der Waals surface area contributed by atoms with Crippen molar-refractivity contribution in [2.24, 2.45) is 7.05 Å². The maximum absolute atomic E-state index is 4.18. The first-order valence-electron chi connectivity index (χ1n) is 4.45. The summed E-state index contributed by atoms with van der Waals surface area (Å²) in [7, 11) is 3.91. The molecule has 1 aromatic rings. The average Bonchev–Trinajstić information content (AvgIpc) is 2.37. The molecule has 0 fully saturated rings. The Morgan fingerprint density at radius 2 is 2.38 bits per heavy atom. The Kier molecular flexibility index (Phi) is 3.25. The Hall–Kier alpha value is -1.09. The zero-order valence-electron chi connectivity index (χ0n) is 8.76. The highest BCUT2D eigenvalue weighted by molar-refractivity contribution is 5.54. The minimum absolute atomic E-state index is 0.925. The van der Waals surface area contributed by atoms with Crippen molar-refractivity contribution in [3.8, 4) is 0 Å². The van der Waals surface area contributed by atoms with Gasteiger partial charge in [-0.15, -0.1) is 0 Å². The van der Waals surface area contributed by atoms with E-state index in [4.69, 9.17) is 0 Å². The molecule has 0 atom stereocenters. The molecule has 0 aliphatic rings. The van der Waals surface area contributed by atoms with Crippen molar-refractivity contribution in [2.75, 3.05) is 13.6 Å². The van der Waals surface area contributed by atoms with Gasteiger partial charge in [-0.25, -0.2) is 0 Å². The number of rotatable bonds is 3. The second-order valence-corrected chi connectivity index (χ2v) is 3.33. The van der Waals surface area contributed by atoms with E-state index < -0.39 is 0 Å². The van der Waals surface area contributed by atoms with Crippen molar-refractivity contribution in [1.29, 1.82) is 0 Å². The van der Waals surface area contributed by atoms with Gasteiger partial charge in [0.1, 0.15) is 0 Å². The highest BCUT2D eigenvalue weighted by Crippen LogP contribution is 2.10. The van der Waals surface area contributed by atoms with Crippen LogP contribution in [0.5, 0.6) is 0 Å². The van der Waals surface area contributed by atoms with Gasteiger partial charge in [0, 0.05) is 24.8 Å². The molecule has 0 aromatic carbocycles. The van der Waals surface area contributed by atoms with Crippen LogP contribution in [0.15, 0.2) is 11.8 Å². The third kappa shape index (κ3) is 2.42. The first kappa shape index (κ1) is 9.99. The molecule has 3 nitrogen and oxygen atoms in total. The topological polar surface area (TPSA) is 29.9 Å². The van der Waals surface area contributed by atoms with Gasteiger partial charge in [0.2, 0.25) is 0 Å². The summed E-state index contributed by atoms with van der Waals surface area (Å²) in [6, 6.07) is 0. The fourth-order valence-corrected chi connectivity index (χ4v) is 1.25. The summed E-state index contributed by atoms with van der Waals surface area (Å²) in [6.07, 6.45) is 4.06. The first-order chi connectivity index (χ1) is 6.15. The fourth-order valence-electron chi connectivity index (χ4n) is 1.25. The van der Waals surface area contributed by atoms with Crippen LogP contribution >= 0.6 is 0 Å². The SMILES string of the molecule is CNCC(C)=Cc1cnn(C)c1C. The summed E-state index contributed by atoms with van der Waals surface area (Å²) in [6.45, 7) is 5.11. The number of likely N-dealkylation sites (N-methyl/N-ethyl adjacent to an activating group) is 1. The number of nitrogens with one attached hydrogen (secondary N) is 1. The molecule has 1 N–H and O–H groups in total. The number of hydrogen-bond donors (Lipinski definition) is 1. The smallest absolute Gasteiger partial charge is 0.0564 e. The van der Waals surface area contributed by atoms with E-state index in [1.807, 2.05) is 25.0 Å². The van der Waals surface area contributed by atoms with E-state index in [-0.39, 0.29) is 0 Å². The molecule has 0 amide bonds. The van der Waals surface area contributed by atoms with Gasteiger partial charge in [0.05, 0.1) is 6.20 Å². The maximum atomic E-state index is 4.18. The molecule has 13 heavy (non-hydrogen) atoms. The van der Waals surface area contributed by atoms with Gasteiger partial charge in [-0.3, -0.25) is 4.68 Å². The third-order valence-corrected chi connectivity index (χ3v) is 2.13. The molecule has 0 spiro atoms. The van der Waals surface area contributed by atoms with Crippen molar-refractivity contribution < 1.29 is 0 Å². The van der Waals surface area contributed by atoms with E-state index in [0.717, 1.165) is 6.54 Å². The Balaban J connectivity index is 2.84. The van der Waals surface area contributed by atoms with E-state index >= 15 is 0 Å². The monoisotopic (exact) mass is 179 g/mol. The molecule has 0 saturated carbocycles. The molecule has 0 aliphatic heterocycles. The van der Waals surface area contributed by atoms with E-state index in [1.54, 1.807) is 0 Å². The van der Waals surface area contributed by atoms with Crippen LogP contribution in [-0.2, 0) is 7.05 Å². The van der Waals surface area contributed by atoms with Crippen molar-refractivity contribution in [2.45, 2.75) is 13.8 Å². The van der Waals surface area contributed by atoms with E-state index in [0.29, 0.717) is 0 Å². The van der Waals surface area contributed by atoms with Crippen molar-refractivity contribution in [3.63, 3.8) is 0 Å². The lowest BCUT2D eigenvalue weighted by molar-refractivity contribution is 0.740. The molecule has 0 aliphatic carbocycles. The van der Waals surface area contributed by atoms with Crippen LogP contribution in [0.1, 0.15) is 18.2 Å². The van der Waals surface area contributed by atoms with Crippen LogP contribution < -0.4 is 5.32 Å². The third-order valence-electron chi connectivity index (χ3n) is 2.13. The Morgan fingerprint density at radius 1 is 1.69 bits per heavy atom. The quantitative estimate of drug-likeness (QED) is 0.759. The minimum Gasteiger partial charge on any atom is -0.316 e. The molecular weight excluding hydrogens is 162 g/mol. The lowest BCUT2D eigenvalue weighted by atomic mass is 10.2. The molecule has 1 heterocycles. The van der Waals surface area contributed by atoms with Crippen LogP contribution in [0.2, 0.25) is 0 Å². The van der Waals surface area contributed by atoms with Gasteiger partial charge in [-0.05, 0) is 20.9 Å². The summed E-state index contributed by atoms with van der Waals surface area (Å²) in [4.78, 5) is 0. The molecule has 1 rings (SSSR count). The summed E-state index contributed by atoms with van der Waals surface area (Å²) >= 11 is 0. The molecule has 0 saturated heterocycles. The normalized spacial score (nSPS) is 12.2. The maximum Gasteiger partial charge on any atom is 0.0564 e. The van der Waals surface area contributed by atoms with E-state index in [1.165, 1.54) is 16.8 Å². The van der Waals surface area contributed by atoms with Gasteiger partial charge in [0.25, 0.3) is 0 Å². The van der Waals surface area contributed by atoms with Crippen LogP contribution in [0.25, 0.3) is 6.08 Å². The van der Waals surface area contributed by atoms with Crippen molar-refractivity contribution in [1.82, 2.24) is 15.1 Å². The second kappa shape index (κ2) is 4.23. The number of aromatic nitrogens is 2.